The van der Waals surface area contributed by atoms with E-state index in [-0.39, 0.29) is 33.1 Å². The first-order valence-electron chi connectivity index (χ1n) is 6.65. The van der Waals surface area contributed by atoms with Gasteiger partial charge in [0, 0.05) is 11.6 Å². The Morgan fingerprint density at radius 1 is 1.29 bits per heavy atom. The minimum absolute atomic E-state index is 0.0305. The predicted molar refractivity (Wildman–Crippen MR) is 86.1 cm³/mol. The van der Waals surface area contributed by atoms with Gasteiger partial charge in [0.1, 0.15) is 4.90 Å². The smallest absolute Gasteiger partial charge is 0.244 e. The van der Waals surface area contributed by atoms with E-state index in [0.717, 1.165) is 12.8 Å². The SMILES string of the molecule is CCC(CC)C(O)CNS(=O)(=O)c1c(N)cc(Cl)cc1Cl. The van der Waals surface area contributed by atoms with Gasteiger partial charge in [-0.3, -0.25) is 0 Å². The monoisotopic (exact) mass is 354 g/mol. The Kier molecular flexibility index (Phi) is 6.74. The van der Waals surface area contributed by atoms with Crippen LogP contribution in [0.3, 0.4) is 0 Å². The van der Waals surface area contributed by atoms with Crippen molar-refractivity contribution in [2.24, 2.45) is 5.92 Å². The number of hydrogen-bond acceptors (Lipinski definition) is 4. The van der Waals surface area contributed by atoms with Crippen LogP contribution in [0.25, 0.3) is 0 Å². The summed E-state index contributed by atoms with van der Waals surface area (Å²) in [6.45, 7) is 3.80. The van der Waals surface area contributed by atoms with Gasteiger partial charge >= 0.3 is 0 Å². The van der Waals surface area contributed by atoms with Crippen LogP contribution in [0, 0.1) is 5.92 Å². The van der Waals surface area contributed by atoms with E-state index in [9.17, 15) is 13.5 Å². The van der Waals surface area contributed by atoms with Crippen molar-refractivity contribution >= 4 is 38.9 Å². The molecule has 1 aromatic carbocycles. The van der Waals surface area contributed by atoms with E-state index in [1.807, 2.05) is 13.8 Å². The van der Waals surface area contributed by atoms with Crippen molar-refractivity contribution in [3.8, 4) is 0 Å². The van der Waals surface area contributed by atoms with Crippen molar-refractivity contribution in [1.82, 2.24) is 4.72 Å². The number of nitrogens with one attached hydrogen (secondary N) is 1. The number of aliphatic hydroxyl groups excluding tert-OH is 1. The fourth-order valence-corrected chi connectivity index (χ4v) is 4.16. The summed E-state index contributed by atoms with van der Waals surface area (Å²) in [5, 5.41) is 10.2. The van der Waals surface area contributed by atoms with Gasteiger partial charge in [-0.25, -0.2) is 13.1 Å². The highest BCUT2D eigenvalue weighted by Gasteiger charge is 2.24. The van der Waals surface area contributed by atoms with E-state index in [0.29, 0.717) is 0 Å². The lowest BCUT2D eigenvalue weighted by Gasteiger charge is -2.20. The van der Waals surface area contributed by atoms with E-state index in [1.54, 1.807) is 0 Å². The van der Waals surface area contributed by atoms with Crippen molar-refractivity contribution in [2.75, 3.05) is 12.3 Å². The van der Waals surface area contributed by atoms with E-state index in [4.69, 9.17) is 28.9 Å². The van der Waals surface area contributed by atoms with Gasteiger partial charge in [-0.1, -0.05) is 49.9 Å². The van der Waals surface area contributed by atoms with Crippen molar-refractivity contribution in [3.05, 3.63) is 22.2 Å². The Bertz CT molecular complexity index is 566. The van der Waals surface area contributed by atoms with Crippen molar-refractivity contribution in [1.29, 1.82) is 0 Å². The van der Waals surface area contributed by atoms with Gasteiger partial charge < -0.3 is 10.8 Å². The summed E-state index contributed by atoms with van der Waals surface area (Å²) < 4.78 is 26.9. The molecule has 21 heavy (non-hydrogen) atoms. The van der Waals surface area contributed by atoms with Crippen LogP contribution in [-0.4, -0.2) is 26.2 Å². The Balaban J connectivity index is 2.93. The van der Waals surface area contributed by atoms with Gasteiger partial charge in [0.05, 0.1) is 16.8 Å². The molecule has 120 valence electrons. The summed E-state index contributed by atoms with van der Waals surface area (Å²) in [6.07, 6.45) is 0.772. The average molecular weight is 355 g/mol. The maximum absolute atomic E-state index is 12.3. The lowest BCUT2D eigenvalue weighted by molar-refractivity contribution is 0.107. The third kappa shape index (κ3) is 4.72. The minimum atomic E-state index is -3.91. The van der Waals surface area contributed by atoms with Crippen LogP contribution in [0.4, 0.5) is 5.69 Å². The highest BCUT2D eigenvalue weighted by Crippen LogP contribution is 2.31. The molecule has 0 aliphatic heterocycles. The third-order valence-electron chi connectivity index (χ3n) is 3.38. The van der Waals surface area contributed by atoms with Crippen LogP contribution in [0.1, 0.15) is 26.7 Å². The van der Waals surface area contributed by atoms with Gasteiger partial charge in [0.25, 0.3) is 0 Å². The normalized spacial score (nSPS) is 13.6. The Hall–Kier alpha value is -0.530. The molecule has 1 aromatic rings. The fraction of sp³-hybridized carbons (Fsp3) is 0.538. The second-order valence-corrected chi connectivity index (χ2v) is 7.35. The lowest BCUT2D eigenvalue weighted by Crippen LogP contribution is -2.36. The summed E-state index contributed by atoms with van der Waals surface area (Å²) in [5.41, 5.74) is 5.65. The van der Waals surface area contributed by atoms with Crippen molar-refractivity contribution in [3.63, 3.8) is 0 Å². The maximum atomic E-state index is 12.3. The molecule has 8 heteroatoms. The number of aliphatic hydroxyl groups is 1. The topological polar surface area (TPSA) is 92.4 Å². The number of rotatable bonds is 7. The second-order valence-electron chi connectivity index (χ2n) is 4.80. The van der Waals surface area contributed by atoms with E-state index < -0.39 is 16.1 Å². The molecular formula is C13H20Cl2N2O3S. The fourth-order valence-electron chi connectivity index (χ4n) is 2.13. The first kappa shape index (κ1) is 18.5. The van der Waals surface area contributed by atoms with E-state index in [2.05, 4.69) is 4.72 Å². The number of benzene rings is 1. The van der Waals surface area contributed by atoms with Crippen LogP contribution in [0.2, 0.25) is 10.0 Å². The third-order valence-corrected chi connectivity index (χ3v) is 5.55. The van der Waals surface area contributed by atoms with Crippen LogP contribution >= 0.6 is 23.2 Å². The highest BCUT2D eigenvalue weighted by atomic mass is 35.5. The predicted octanol–water partition coefficient (Wildman–Crippen LogP) is 2.65. The van der Waals surface area contributed by atoms with Crippen molar-refractivity contribution in [2.45, 2.75) is 37.7 Å². The number of hydrogen-bond donors (Lipinski definition) is 3. The number of anilines is 1. The average Bonchev–Trinajstić information content (AvgIpc) is 2.36. The zero-order valence-electron chi connectivity index (χ0n) is 11.9. The second kappa shape index (κ2) is 7.65. The Labute approximate surface area is 135 Å². The number of nitrogens with two attached hydrogens (primary N) is 1. The molecule has 0 fully saturated rings. The first-order chi connectivity index (χ1) is 9.72. The molecule has 0 saturated heterocycles. The summed E-state index contributed by atoms with van der Waals surface area (Å²) in [6, 6.07) is 2.63. The molecular weight excluding hydrogens is 335 g/mol. The van der Waals surface area contributed by atoms with Crippen molar-refractivity contribution < 1.29 is 13.5 Å². The highest BCUT2D eigenvalue weighted by molar-refractivity contribution is 7.89. The molecule has 0 radical (unpaired) electrons. The van der Waals surface area contributed by atoms with Gasteiger partial charge in [-0.2, -0.15) is 0 Å². The first-order valence-corrected chi connectivity index (χ1v) is 8.89. The summed E-state index contributed by atoms with van der Waals surface area (Å²) in [4.78, 5) is -0.217. The number of nitrogen functional groups attached to an aromatic ring is 1. The zero-order valence-corrected chi connectivity index (χ0v) is 14.3. The van der Waals surface area contributed by atoms with E-state index >= 15 is 0 Å². The summed E-state index contributed by atoms with van der Waals surface area (Å²) >= 11 is 11.7. The number of halogens is 2. The molecule has 0 aromatic heterocycles. The van der Waals surface area contributed by atoms with Crippen LogP contribution in [-0.2, 0) is 10.0 Å². The molecule has 1 atom stereocenters. The molecule has 1 rings (SSSR count). The van der Waals surface area contributed by atoms with E-state index in [1.165, 1.54) is 12.1 Å². The molecule has 0 spiro atoms. The summed E-state index contributed by atoms with van der Waals surface area (Å²) in [5.74, 6) is 0.0331. The van der Waals surface area contributed by atoms with Gasteiger partial charge in [-0.05, 0) is 18.1 Å². The Morgan fingerprint density at radius 2 is 1.86 bits per heavy atom. The van der Waals surface area contributed by atoms with Crippen LogP contribution in [0.15, 0.2) is 17.0 Å². The number of sulfonamides is 1. The molecule has 0 bridgehead atoms. The minimum Gasteiger partial charge on any atom is -0.398 e. The quantitative estimate of drug-likeness (QED) is 0.656. The Morgan fingerprint density at radius 3 is 2.33 bits per heavy atom. The van der Waals surface area contributed by atoms with Crippen LogP contribution < -0.4 is 10.5 Å². The molecule has 0 amide bonds. The standard InChI is InChI=1S/C13H20Cl2N2O3S/c1-3-8(4-2)12(18)7-17-21(19,20)13-10(15)5-9(14)6-11(13)16/h5-6,8,12,17-18H,3-4,7,16H2,1-2H3. The van der Waals surface area contributed by atoms with Crippen LogP contribution in [0.5, 0.6) is 0 Å². The largest absolute Gasteiger partial charge is 0.398 e. The molecule has 0 aliphatic carbocycles. The maximum Gasteiger partial charge on any atom is 0.244 e. The molecule has 0 saturated carbocycles. The molecule has 1 unspecified atom stereocenters. The lowest BCUT2D eigenvalue weighted by atomic mass is 9.97. The molecule has 0 heterocycles. The van der Waals surface area contributed by atoms with Gasteiger partial charge in [0.2, 0.25) is 10.0 Å². The van der Waals surface area contributed by atoms with Gasteiger partial charge in [-0.15, -0.1) is 0 Å². The molecule has 4 N–H and O–H groups in total. The summed E-state index contributed by atoms with van der Waals surface area (Å²) in [7, 11) is -3.91. The molecule has 0 aliphatic rings. The molecule has 5 nitrogen and oxygen atoms in total. The zero-order chi connectivity index (χ0) is 16.2. The van der Waals surface area contributed by atoms with Gasteiger partial charge in [0.15, 0.2) is 0 Å².